The minimum absolute atomic E-state index is 0.285. The molecule has 164 valence electrons. The zero-order valence-electron chi connectivity index (χ0n) is 18.8. The molecule has 0 aromatic heterocycles. The van der Waals surface area contributed by atoms with Gasteiger partial charge >= 0.3 is 5.97 Å². The number of ether oxygens (including phenoxy) is 2. The fraction of sp³-hybridized carbons (Fsp3) is 0.321. The smallest absolute Gasteiger partial charge is 0.340 e. The molecule has 0 aliphatic carbocycles. The fourth-order valence-corrected chi connectivity index (χ4v) is 4.87. The third-order valence-electron chi connectivity index (χ3n) is 6.53. The van der Waals surface area contributed by atoms with E-state index in [1.54, 1.807) is 0 Å². The van der Waals surface area contributed by atoms with E-state index in [2.05, 4.69) is 30.9 Å². The molecule has 3 aromatic carbocycles. The van der Waals surface area contributed by atoms with Crippen LogP contribution in [0.1, 0.15) is 66.6 Å². The highest BCUT2D eigenvalue weighted by Gasteiger charge is 2.53. The largest absolute Gasteiger partial charge is 0.456 e. The molecule has 0 N–H and O–H groups in total. The molecule has 2 heterocycles. The van der Waals surface area contributed by atoms with Crippen LogP contribution in [0.25, 0.3) is 0 Å². The first-order valence-corrected chi connectivity index (χ1v) is 11.7. The number of hydrogen-bond donors (Lipinski definition) is 0. The van der Waals surface area contributed by atoms with Gasteiger partial charge in [0.1, 0.15) is 11.5 Å². The summed E-state index contributed by atoms with van der Waals surface area (Å²) in [5, 5.41) is 0. The zero-order chi connectivity index (χ0) is 22.1. The summed E-state index contributed by atoms with van der Waals surface area (Å²) in [7, 11) is 0. The molecular weight excluding hydrogens is 398 g/mol. The Balaban J connectivity index is 1.70. The molecule has 0 radical (unpaired) electrons. The van der Waals surface area contributed by atoms with E-state index in [1.165, 1.54) is 0 Å². The van der Waals surface area contributed by atoms with Crippen LogP contribution in [0.4, 0.5) is 5.69 Å². The average Bonchev–Trinajstić information content (AvgIpc) is 3.12. The van der Waals surface area contributed by atoms with E-state index in [1.807, 2.05) is 54.6 Å². The maximum Gasteiger partial charge on any atom is 0.340 e. The number of nitrogens with zero attached hydrogens (tertiary/aromatic N) is 1. The average molecular weight is 428 g/mol. The summed E-state index contributed by atoms with van der Waals surface area (Å²) in [6.07, 6.45) is 4.58. The SMILES string of the molecule is CCCCN(CCCC)c1ccc2c(c1)C1(OC2=O)c2ccccc2Oc2ccccc21. The first-order chi connectivity index (χ1) is 15.7. The maximum absolute atomic E-state index is 13.1. The molecule has 0 saturated heterocycles. The molecule has 0 fully saturated rings. The molecule has 5 rings (SSSR count). The molecule has 0 saturated carbocycles. The summed E-state index contributed by atoms with van der Waals surface area (Å²) in [4.78, 5) is 15.6. The lowest BCUT2D eigenvalue weighted by molar-refractivity contribution is 0.0224. The summed E-state index contributed by atoms with van der Waals surface area (Å²) in [6, 6.07) is 21.9. The van der Waals surface area contributed by atoms with Crippen molar-refractivity contribution in [2.24, 2.45) is 0 Å². The molecule has 2 aliphatic rings. The Labute approximate surface area is 189 Å². The molecule has 1 spiro atoms. The van der Waals surface area contributed by atoms with Gasteiger partial charge in [-0.3, -0.25) is 0 Å². The highest BCUT2D eigenvalue weighted by molar-refractivity contribution is 5.97. The van der Waals surface area contributed by atoms with Crippen molar-refractivity contribution in [1.29, 1.82) is 0 Å². The molecular formula is C28H29NO3. The van der Waals surface area contributed by atoms with Gasteiger partial charge in [0.15, 0.2) is 5.60 Å². The lowest BCUT2D eigenvalue weighted by Gasteiger charge is -2.36. The van der Waals surface area contributed by atoms with Gasteiger partial charge in [-0.25, -0.2) is 4.79 Å². The van der Waals surface area contributed by atoms with Gasteiger partial charge in [0, 0.05) is 35.5 Å². The van der Waals surface area contributed by atoms with Gasteiger partial charge in [-0.05, 0) is 43.2 Å². The fourth-order valence-electron chi connectivity index (χ4n) is 4.87. The number of hydrogen-bond acceptors (Lipinski definition) is 4. The van der Waals surface area contributed by atoms with E-state index in [0.29, 0.717) is 5.56 Å². The minimum Gasteiger partial charge on any atom is -0.456 e. The summed E-state index contributed by atoms with van der Waals surface area (Å²) in [5.41, 5.74) is 3.43. The van der Waals surface area contributed by atoms with Crippen LogP contribution in [0.3, 0.4) is 0 Å². The van der Waals surface area contributed by atoms with Crippen LogP contribution in [0.2, 0.25) is 0 Å². The number of rotatable bonds is 7. The second-order valence-corrected chi connectivity index (χ2v) is 8.59. The number of benzene rings is 3. The number of unbranched alkanes of at least 4 members (excludes halogenated alkanes) is 2. The predicted octanol–water partition coefficient (Wildman–Crippen LogP) is 6.66. The van der Waals surface area contributed by atoms with E-state index < -0.39 is 5.60 Å². The van der Waals surface area contributed by atoms with Gasteiger partial charge in [0.2, 0.25) is 0 Å². The van der Waals surface area contributed by atoms with Crippen molar-refractivity contribution in [3.05, 3.63) is 89.0 Å². The zero-order valence-corrected chi connectivity index (χ0v) is 18.8. The summed E-state index contributed by atoms with van der Waals surface area (Å²) in [6.45, 7) is 6.46. The quantitative estimate of drug-likeness (QED) is 0.395. The van der Waals surface area contributed by atoms with Crippen LogP contribution in [-0.4, -0.2) is 19.1 Å². The van der Waals surface area contributed by atoms with Crippen LogP contribution >= 0.6 is 0 Å². The minimum atomic E-state index is -0.991. The van der Waals surface area contributed by atoms with Crippen molar-refractivity contribution in [3.63, 3.8) is 0 Å². The van der Waals surface area contributed by atoms with Crippen molar-refractivity contribution in [3.8, 4) is 11.5 Å². The van der Waals surface area contributed by atoms with Crippen molar-refractivity contribution in [2.45, 2.75) is 45.1 Å². The molecule has 0 atom stereocenters. The highest BCUT2D eigenvalue weighted by Crippen LogP contribution is 2.56. The lowest BCUT2D eigenvalue weighted by Crippen LogP contribution is -2.33. The van der Waals surface area contributed by atoms with Crippen LogP contribution in [0.5, 0.6) is 11.5 Å². The third-order valence-corrected chi connectivity index (χ3v) is 6.53. The van der Waals surface area contributed by atoms with Crippen LogP contribution < -0.4 is 9.64 Å². The molecule has 3 aromatic rings. The van der Waals surface area contributed by atoms with Crippen molar-refractivity contribution in [1.82, 2.24) is 0 Å². The van der Waals surface area contributed by atoms with Gasteiger partial charge in [0.25, 0.3) is 0 Å². The molecule has 4 heteroatoms. The number of carbonyl (C=O) groups excluding carboxylic acids is 1. The standard InChI is InChI=1S/C28H29NO3/c1-3-5-17-29(18-6-4-2)20-15-16-21-24(19-20)28(32-27(21)30)22-11-7-9-13-25(22)31-26-14-10-8-12-23(26)28/h7-16,19H,3-6,17-18H2,1-2H3. The molecule has 2 aliphatic heterocycles. The van der Waals surface area contributed by atoms with Gasteiger partial charge in [-0.1, -0.05) is 63.1 Å². The summed E-state index contributed by atoms with van der Waals surface area (Å²) < 4.78 is 12.5. The third kappa shape index (κ3) is 3.17. The summed E-state index contributed by atoms with van der Waals surface area (Å²) >= 11 is 0. The topological polar surface area (TPSA) is 38.8 Å². The number of para-hydroxylation sites is 2. The lowest BCUT2D eigenvalue weighted by atomic mass is 9.77. The Morgan fingerprint density at radius 1 is 0.781 bits per heavy atom. The second-order valence-electron chi connectivity index (χ2n) is 8.59. The van der Waals surface area contributed by atoms with Crippen LogP contribution in [0, 0.1) is 0 Å². The Kier molecular flexibility index (Phi) is 5.38. The first kappa shape index (κ1) is 20.6. The van der Waals surface area contributed by atoms with E-state index >= 15 is 0 Å². The predicted molar refractivity (Wildman–Crippen MR) is 127 cm³/mol. The number of esters is 1. The van der Waals surface area contributed by atoms with Gasteiger partial charge < -0.3 is 14.4 Å². The van der Waals surface area contributed by atoms with E-state index in [-0.39, 0.29) is 5.97 Å². The molecule has 32 heavy (non-hydrogen) atoms. The molecule has 0 unspecified atom stereocenters. The molecule has 4 nitrogen and oxygen atoms in total. The van der Waals surface area contributed by atoms with Crippen LogP contribution in [-0.2, 0) is 10.3 Å². The Morgan fingerprint density at radius 3 is 1.97 bits per heavy atom. The maximum atomic E-state index is 13.1. The number of carbonyl (C=O) groups is 1. The van der Waals surface area contributed by atoms with Crippen LogP contribution in [0.15, 0.2) is 66.7 Å². The first-order valence-electron chi connectivity index (χ1n) is 11.7. The summed E-state index contributed by atoms with van der Waals surface area (Å²) in [5.74, 6) is 1.17. The highest BCUT2D eigenvalue weighted by atomic mass is 16.6. The molecule has 0 bridgehead atoms. The number of anilines is 1. The Morgan fingerprint density at radius 2 is 1.38 bits per heavy atom. The van der Waals surface area contributed by atoms with Crippen molar-refractivity contribution < 1.29 is 14.3 Å². The normalized spacial score (nSPS) is 14.9. The van der Waals surface area contributed by atoms with Gasteiger partial charge in [-0.15, -0.1) is 0 Å². The van der Waals surface area contributed by atoms with Gasteiger partial charge in [0.05, 0.1) is 5.56 Å². The second kappa shape index (κ2) is 8.34. The Hall–Kier alpha value is -3.27. The van der Waals surface area contributed by atoms with E-state index in [0.717, 1.165) is 72.6 Å². The molecule has 0 amide bonds. The number of fused-ring (bicyclic) bond motifs is 6. The van der Waals surface area contributed by atoms with Gasteiger partial charge in [-0.2, -0.15) is 0 Å². The van der Waals surface area contributed by atoms with E-state index in [4.69, 9.17) is 9.47 Å². The Bertz CT molecular complexity index is 1100. The monoisotopic (exact) mass is 427 g/mol. The van der Waals surface area contributed by atoms with E-state index in [9.17, 15) is 4.79 Å². The van der Waals surface area contributed by atoms with Crippen molar-refractivity contribution in [2.75, 3.05) is 18.0 Å². The van der Waals surface area contributed by atoms with Crippen molar-refractivity contribution >= 4 is 11.7 Å².